The number of anilines is 1. The van der Waals surface area contributed by atoms with Gasteiger partial charge < -0.3 is 5.32 Å². The number of aryl methyl sites for hydroxylation is 1. The van der Waals surface area contributed by atoms with E-state index in [9.17, 15) is 0 Å². The maximum Gasteiger partial charge on any atom is 0.205 e. The highest BCUT2D eigenvalue weighted by Crippen LogP contribution is 2.30. The van der Waals surface area contributed by atoms with E-state index in [2.05, 4.69) is 73.3 Å². The summed E-state index contributed by atoms with van der Waals surface area (Å²) in [5.41, 5.74) is 5.84. The fourth-order valence-electron chi connectivity index (χ4n) is 3.49. The van der Waals surface area contributed by atoms with Crippen LogP contribution >= 0.6 is 11.6 Å². The van der Waals surface area contributed by atoms with Crippen LogP contribution in [-0.4, -0.2) is 35.2 Å². The summed E-state index contributed by atoms with van der Waals surface area (Å²) in [6.45, 7) is 2.71. The lowest BCUT2D eigenvalue weighted by Gasteiger charge is -2.11. The molecule has 9 heteroatoms. The number of nitrogens with zero attached hydrogens (tertiary/aromatic N) is 6. The molecule has 0 radical (unpaired) electrons. The smallest absolute Gasteiger partial charge is 0.205 e. The molecule has 0 spiro atoms. The molecule has 0 atom stereocenters. The average Bonchev–Trinajstić information content (AvgIpc) is 3.48. The molecule has 2 aromatic carbocycles. The third-order valence-corrected chi connectivity index (χ3v) is 5.36. The van der Waals surface area contributed by atoms with Gasteiger partial charge >= 0.3 is 0 Å². The minimum absolute atomic E-state index is 0.544. The van der Waals surface area contributed by atoms with Gasteiger partial charge in [0.15, 0.2) is 5.65 Å². The second-order valence-electron chi connectivity index (χ2n) is 7.05. The first-order chi connectivity index (χ1) is 15.2. The van der Waals surface area contributed by atoms with Gasteiger partial charge in [-0.2, -0.15) is 14.8 Å². The fourth-order valence-corrected chi connectivity index (χ4v) is 3.66. The van der Waals surface area contributed by atoms with Crippen LogP contribution in [0.2, 0.25) is 5.02 Å². The van der Waals surface area contributed by atoms with Gasteiger partial charge in [0.25, 0.3) is 0 Å². The summed E-state index contributed by atoms with van der Waals surface area (Å²) in [4.78, 5) is 4.56. The molecule has 0 aliphatic rings. The minimum Gasteiger partial charge on any atom is -0.366 e. The molecule has 0 fully saturated rings. The summed E-state index contributed by atoms with van der Waals surface area (Å²) in [7, 11) is 0. The first kappa shape index (κ1) is 19.2. The molecule has 0 amide bonds. The quantitative estimate of drug-likeness (QED) is 0.414. The highest BCUT2D eigenvalue weighted by molar-refractivity contribution is 6.33. The van der Waals surface area contributed by atoms with E-state index in [1.165, 1.54) is 0 Å². The molecule has 0 bridgehead atoms. The van der Waals surface area contributed by atoms with Crippen molar-refractivity contribution in [2.75, 3.05) is 5.32 Å². The van der Waals surface area contributed by atoms with E-state index in [-0.39, 0.29) is 0 Å². The van der Waals surface area contributed by atoms with Gasteiger partial charge in [-0.25, -0.2) is 4.98 Å². The Bertz CT molecular complexity index is 1330. The fraction of sp³-hybridized carbons (Fsp3) is 0.136. The van der Waals surface area contributed by atoms with Crippen molar-refractivity contribution >= 4 is 23.1 Å². The van der Waals surface area contributed by atoms with Gasteiger partial charge in [0.05, 0.1) is 6.20 Å². The van der Waals surface area contributed by atoms with Gasteiger partial charge in [-0.15, -0.1) is 10.2 Å². The Labute approximate surface area is 183 Å². The summed E-state index contributed by atoms with van der Waals surface area (Å²) >= 11 is 6.23. The number of hydrogen-bond donors (Lipinski definition) is 2. The monoisotopic (exact) mass is 430 g/mol. The maximum absolute atomic E-state index is 6.23. The van der Waals surface area contributed by atoms with Gasteiger partial charge in [-0.05, 0) is 28.3 Å². The second kappa shape index (κ2) is 8.16. The maximum atomic E-state index is 6.23. The molecule has 0 unspecified atom stereocenters. The molecular weight excluding hydrogens is 412 g/mol. The first-order valence-electron chi connectivity index (χ1n) is 9.92. The minimum atomic E-state index is 0.544. The predicted molar refractivity (Wildman–Crippen MR) is 120 cm³/mol. The van der Waals surface area contributed by atoms with Crippen molar-refractivity contribution in [3.8, 4) is 22.5 Å². The van der Waals surface area contributed by atoms with E-state index in [4.69, 9.17) is 11.6 Å². The molecule has 5 rings (SSSR count). The molecule has 0 aliphatic heterocycles. The van der Waals surface area contributed by atoms with Crippen molar-refractivity contribution in [2.45, 2.75) is 19.9 Å². The van der Waals surface area contributed by atoms with Crippen LogP contribution in [0.15, 0.2) is 60.8 Å². The lowest BCUT2D eigenvalue weighted by molar-refractivity contribution is 0.881. The van der Waals surface area contributed by atoms with Crippen molar-refractivity contribution in [1.29, 1.82) is 0 Å². The third kappa shape index (κ3) is 3.73. The lowest BCUT2D eigenvalue weighted by atomic mass is 9.98. The largest absolute Gasteiger partial charge is 0.366 e. The zero-order valence-electron chi connectivity index (χ0n) is 16.7. The Kier molecular flexibility index (Phi) is 5.05. The number of halogens is 1. The van der Waals surface area contributed by atoms with Crippen molar-refractivity contribution < 1.29 is 0 Å². The number of benzene rings is 2. The predicted octanol–water partition coefficient (Wildman–Crippen LogP) is 4.40. The van der Waals surface area contributed by atoms with Gasteiger partial charge in [-0.1, -0.05) is 67.1 Å². The van der Waals surface area contributed by atoms with Crippen molar-refractivity contribution in [3.05, 3.63) is 77.1 Å². The molecule has 0 saturated carbocycles. The van der Waals surface area contributed by atoms with E-state index < -0.39 is 0 Å². The number of rotatable bonds is 6. The summed E-state index contributed by atoms with van der Waals surface area (Å²) < 4.78 is 1.73. The van der Waals surface area contributed by atoms with Gasteiger partial charge in [0.1, 0.15) is 10.8 Å². The molecule has 8 nitrogen and oxygen atoms in total. The zero-order valence-corrected chi connectivity index (χ0v) is 17.5. The number of H-pyrrole nitrogens is 1. The number of aromatic amines is 1. The molecule has 2 N–H and O–H groups in total. The summed E-state index contributed by atoms with van der Waals surface area (Å²) in [6, 6.07) is 18.4. The van der Waals surface area contributed by atoms with E-state index in [1.807, 2.05) is 24.3 Å². The van der Waals surface area contributed by atoms with Crippen molar-refractivity contribution in [3.63, 3.8) is 0 Å². The molecule has 3 heterocycles. The van der Waals surface area contributed by atoms with E-state index in [0.29, 0.717) is 23.0 Å². The average molecular weight is 431 g/mol. The number of tetrazole rings is 1. The van der Waals surface area contributed by atoms with Crippen LogP contribution < -0.4 is 5.32 Å². The molecule has 154 valence electrons. The van der Waals surface area contributed by atoms with Crippen LogP contribution in [0.4, 0.5) is 5.82 Å². The lowest BCUT2D eigenvalue weighted by Crippen LogP contribution is -2.07. The molecule has 0 aliphatic carbocycles. The normalized spacial score (nSPS) is 11.2. The molecule has 0 saturated heterocycles. The molecular formula is C22H19ClN8. The van der Waals surface area contributed by atoms with E-state index in [0.717, 1.165) is 40.2 Å². The Hall–Kier alpha value is -3.78. The Morgan fingerprint density at radius 3 is 2.61 bits per heavy atom. The SMILES string of the molecule is CCc1cc(NCc2ccc(-c3ccccc3-c3nn[nH]n3)cc2)n2ncc(Cl)c2n1. The number of hydrogen-bond acceptors (Lipinski definition) is 6. The van der Waals surface area contributed by atoms with E-state index >= 15 is 0 Å². The number of nitrogens with one attached hydrogen (secondary N) is 2. The summed E-state index contributed by atoms with van der Waals surface area (Å²) in [6.07, 6.45) is 2.44. The van der Waals surface area contributed by atoms with Crippen LogP contribution in [-0.2, 0) is 13.0 Å². The van der Waals surface area contributed by atoms with Gasteiger partial charge in [-0.3, -0.25) is 0 Å². The second-order valence-corrected chi connectivity index (χ2v) is 7.45. The Balaban J connectivity index is 1.39. The molecule has 3 aromatic heterocycles. The first-order valence-corrected chi connectivity index (χ1v) is 10.3. The van der Waals surface area contributed by atoms with Crippen molar-refractivity contribution in [2.24, 2.45) is 0 Å². The number of fused-ring (bicyclic) bond motifs is 1. The topological polar surface area (TPSA) is 96.7 Å². The Morgan fingerprint density at radius 1 is 1.06 bits per heavy atom. The van der Waals surface area contributed by atoms with Crippen LogP contribution in [0.25, 0.3) is 28.2 Å². The molecule has 31 heavy (non-hydrogen) atoms. The highest BCUT2D eigenvalue weighted by Gasteiger charge is 2.12. The number of aromatic nitrogens is 7. The van der Waals surface area contributed by atoms with Crippen LogP contribution in [0.1, 0.15) is 18.2 Å². The van der Waals surface area contributed by atoms with Crippen LogP contribution in [0.3, 0.4) is 0 Å². The van der Waals surface area contributed by atoms with Gasteiger partial charge in [0.2, 0.25) is 5.82 Å². The summed E-state index contributed by atoms with van der Waals surface area (Å²) in [5.74, 6) is 1.44. The van der Waals surface area contributed by atoms with Crippen LogP contribution in [0.5, 0.6) is 0 Å². The summed E-state index contributed by atoms with van der Waals surface area (Å²) in [5, 5.41) is 22.7. The van der Waals surface area contributed by atoms with E-state index in [1.54, 1.807) is 10.7 Å². The van der Waals surface area contributed by atoms with Crippen molar-refractivity contribution in [1.82, 2.24) is 35.2 Å². The standard InChI is InChI=1S/C22H19ClN8/c1-2-16-11-20(31-22(26-16)19(23)13-25-31)24-12-14-7-9-15(10-8-14)17-5-3-4-6-18(17)21-27-29-30-28-21/h3-11,13,24H,2,12H2,1H3,(H,27,28,29,30). The van der Waals surface area contributed by atoms with Crippen LogP contribution in [0, 0.1) is 0 Å². The molecule has 5 aromatic rings. The van der Waals surface area contributed by atoms with Gasteiger partial charge in [0, 0.05) is 23.9 Å². The highest BCUT2D eigenvalue weighted by atomic mass is 35.5. The Morgan fingerprint density at radius 2 is 1.87 bits per heavy atom. The zero-order chi connectivity index (χ0) is 21.2. The third-order valence-electron chi connectivity index (χ3n) is 5.10.